The van der Waals surface area contributed by atoms with Gasteiger partial charge in [-0.1, -0.05) is 30.3 Å². The van der Waals surface area contributed by atoms with Gasteiger partial charge in [-0.2, -0.15) is 0 Å². The average molecular weight is 230 g/mol. The number of carbonyl (C=O) groups excluding carboxylic acids is 1. The maximum Gasteiger partial charge on any atom is 0.357 e. The summed E-state index contributed by atoms with van der Waals surface area (Å²) in [5, 5.41) is 0. The van der Waals surface area contributed by atoms with E-state index in [1.54, 1.807) is 7.41 Å². The number of methoxy groups -OCH3 is 1. The fourth-order valence-electron chi connectivity index (χ4n) is 2.29. The predicted molar refractivity (Wildman–Crippen MR) is 68.1 cm³/mol. The first-order valence-electron chi connectivity index (χ1n) is 6.01. The van der Waals surface area contributed by atoms with Crippen molar-refractivity contribution in [3.05, 3.63) is 35.9 Å². The standard InChI is InChI=1S/C13H17BNO2/c1-17-13(16)14-15-9-7-12(8-10-15)11-5-3-2-4-6-11/h2-6,12H,7-10H2,1H3. The zero-order chi connectivity index (χ0) is 12.1. The minimum Gasteiger partial charge on any atom is -0.476 e. The molecule has 3 nitrogen and oxygen atoms in total. The van der Waals surface area contributed by atoms with Crippen molar-refractivity contribution in [3.8, 4) is 0 Å². The summed E-state index contributed by atoms with van der Waals surface area (Å²) in [6.07, 6.45) is 2.19. The second-order valence-electron chi connectivity index (χ2n) is 4.37. The van der Waals surface area contributed by atoms with Gasteiger partial charge in [-0.3, -0.25) is 4.79 Å². The van der Waals surface area contributed by atoms with Crippen LogP contribution in [0.1, 0.15) is 24.3 Å². The Morgan fingerprint density at radius 1 is 1.29 bits per heavy atom. The molecule has 0 saturated carbocycles. The second kappa shape index (κ2) is 5.87. The first-order chi connectivity index (χ1) is 8.29. The van der Waals surface area contributed by atoms with Gasteiger partial charge < -0.3 is 9.55 Å². The number of nitrogens with zero attached hydrogens (tertiary/aromatic N) is 1. The SMILES string of the molecule is COC(=O)[B]N1CCC(c2ccccc2)CC1. The van der Waals surface area contributed by atoms with E-state index in [2.05, 4.69) is 29.0 Å². The maximum absolute atomic E-state index is 11.1. The molecule has 89 valence electrons. The summed E-state index contributed by atoms with van der Waals surface area (Å²) in [5.41, 5.74) is 1.41. The lowest BCUT2D eigenvalue weighted by Crippen LogP contribution is -2.39. The van der Waals surface area contributed by atoms with E-state index < -0.39 is 0 Å². The fraction of sp³-hybridized carbons (Fsp3) is 0.462. The molecule has 1 saturated heterocycles. The Hall–Kier alpha value is -1.29. The highest BCUT2D eigenvalue weighted by molar-refractivity contribution is 6.69. The Morgan fingerprint density at radius 3 is 2.53 bits per heavy atom. The average Bonchev–Trinajstić information content (AvgIpc) is 2.40. The van der Waals surface area contributed by atoms with Crippen LogP contribution in [-0.4, -0.2) is 38.3 Å². The molecule has 17 heavy (non-hydrogen) atoms. The number of rotatable bonds is 3. The Kier molecular flexibility index (Phi) is 4.21. The van der Waals surface area contributed by atoms with E-state index in [0.29, 0.717) is 5.92 Å². The molecule has 4 heteroatoms. The number of carbonyl (C=O) groups is 1. The summed E-state index contributed by atoms with van der Waals surface area (Å²) in [6, 6.07) is 10.6. The molecule has 1 aliphatic rings. The van der Waals surface area contributed by atoms with E-state index >= 15 is 0 Å². The van der Waals surface area contributed by atoms with Crippen LogP contribution in [0.4, 0.5) is 4.79 Å². The molecule has 0 spiro atoms. The monoisotopic (exact) mass is 230 g/mol. The molecule has 0 N–H and O–H groups in total. The molecule has 1 heterocycles. The molecule has 0 atom stereocenters. The lowest BCUT2D eigenvalue weighted by atomic mass is 9.83. The summed E-state index contributed by atoms with van der Waals surface area (Å²) in [5.74, 6) is 0.363. The van der Waals surface area contributed by atoms with Gasteiger partial charge in [0.05, 0.1) is 7.11 Å². The lowest BCUT2D eigenvalue weighted by molar-refractivity contribution is 0.194. The highest BCUT2D eigenvalue weighted by Gasteiger charge is 2.23. The third kappa shape index (κ3) is 3.33. The molecule has 1 aromatic rings. The maximum atomic E-state index is 11.1. The van der Waals surface area contributed by atoms with Gasteiger partial charge in [-0.15, -0.1) is 0 Å². The molecule has 0 unspecified atom stereocenters. The van der Waals surface area contributed by atoms with E-state index in [9.17, 15) is 4.79 Å². The lowest BCUT2D eigenvalue weighted by Gasteiger charge is -2.31. The summed E-state index contributed by atoms with van der Waals surface area (Å²) < 4.78 is 4.63. The topological polar surface area (TPSA) is 29.5 Å². The molecular weight excluding hydrogens is 213 g/mol. The van der Waals surface area contributed by atoms with Crippen LogP contribution in [0.3, 0.4) is 0 Å². The van der Waals surface area contributed by atoms with Gasteiger partial charge in [0.2, 0.25) is 0 Å². The Morgan fingerprint density at radius 2 is 1.94 bits per heavy atom. The highest BCUT2D eigenvalue weighted by atomic mass is 16.5. The molecule has 0 aromatic heterocycles. The predicted octanol–water partition coefficient (Wildman–Crippen LogP) is 2.25. The van der Waals surface area contributed by atoms with Gasteiger partial charge in [0.15, 0.2) is 0 Å². The van der Waals surface area contributed by atoms with Gasteiger partial charge in [0.25, 0.3) is 5.87 Å². The van der Waals surface area contributed by atoms with Crippen LogP contribution in [-0.2, 0) is 4.74 Å². The van der Waals surface area contributed by atoms with E-state index in [4.69, 9.17) is 0 Å². The van der Waals surface area contributed by atoms with Crippen molar-refractivity contribution >= 4 is 13.3 Å². The van der Waals surface area contributed by atoms with Gasteiger partial charge >= 0.3 is 7.41 Å². The third-order valence-electron chi connectivity index (χ3n) is 3.29. The van der Waals surface area contributed by atoms with E-state index in [1.165, 1.54) is 12.7 Å². The largest absolute Gasteiger partial charge is 0.476 e. The highest BCUT2D eigenvalue weighted by Crippen LogP contribution is 2.27. The number of piperidine rings is 1. The Labute approximate surface area is 103 Å². The molecule has 1 aromatic carbocycles. The number of ether oxygens (including phenoxy) is 1. The van der Waals surface area contributed by atoms with Gasteiger partial charge in [-0.05, 0) is 37.4 Å². The van der Waals surface area contributed by atoms with E-state index in [-0.39, 0.29) is 5.87 Å². The van der Waals surface area contributed by atoms with E-state index in [0.717, 1.165) is 25.9 Å². The number of benzene rings is 1. The molecule has 1 aliphatic heterocycles. The first-order valence-corrected chi connectivity index (χ1v) is 6.01. The van der Waals surface area contributed by atoms with Crippen molar-refractivity contribution < 1.29 is 9.53 Å². The molecule has 1 fully saturated rings. The minimum atomic E-state index is -0.261. The summed E-state index contributed by atoms with van der Waals surface area (Å²) in [4.78, 5) is 13.2. The van der Waals surface area contributed by atoms with E-state index in [1.807, 2.05) is 10.9 Å². The minimum absolute atomic E-state index is 0.261. The molecule has 2 rings (SSSR count). The van der Waals surface area contributed by atoms with Crippen LogP contribution < -0.4 is 0 Å². The third-order valence-corrected chi connectivity index (χ3v) is 3.29. The van der Waals surface area contributed by atoms with Crippen molar-refractivity contribution in [1.29, 1.82) is 0 Å². The molecule has 0 aliphatic carbocycles. The normalized spacial score (nSPS) is 17.7. The number of hydrogen-bond donors (Lipinski definition) is 0. The second-order valence-corrected chi connectivity index (χ2v) is 4.37. The summed E-state index contributed by atoms with van der Waals surface area (Å²) >= 11 is 0. The van der Waals surface area contributed by atoms with Crippen LogP contribution in [0.5, 0.6) is 0 Å². The Balaban J connectivity index is 1.84. The van der Waals surface area contributed by atoms with Gasteiger partial charge in [0, 0.05) is 0 Å². The first kappa shape index (κ1) is 12.2. The number of hydrogen-bond acceptors (Lipinski definition) is 3. The molecule has 0 bridgehead atoms. The van der Waals surface area contributed by atoms with Crippen LogP contribution >= 0.6 is 0 Å². The quantitative estimate of drug-likeness (QED) is 0.746. The van der Waals surface area contributed by atoms with Gasteiger partial charge in [0.1, 0.15) is 0 Å². The fourth-order valence-corrected chi connectivity index (χ4v) is 2.29. The van der Waals surface area contributed by atoms with Crippen molar-refractivity contribution in [3.63, 3.8) is 0 Å². The summed E-state index contributed by atoms with van der Waals surface area (Å²) in [6.45, 7) is 1.85. The van der Waals surface area contributed by atoms with Crippen LogP contribution in [0.2, 0.25) is 0 Å². The van der Waals surface area contributed by atoms with Crippen molar-refractivity contribution in [2.45, 2.75) is 18.8 Å². The zero-order valence-corrected chi connectivity index (χ0v) is 10.1. The van der Waals surface area contributed by atoms with Crippen LogP contribution in [0.25, 0.3) is 0 Å². The molecular formula is C13H17BNO2. The van der Waals surface area contributed by atoms with Gasteiger partial charge in [-0.25, -0.2) is 0 Å². The molecule has 0 amide bonds. The van der Waals surface area contributed by atoms with Crippen LogP contribution in [0, 0.1) is 0 Å². The zero-order valence-electron chi connectivity index (χ0n) is 10.1. The molecule has 1 radical (unpaired) electrons. The van der Waals surface area contributed by atoms with Crippen molar-refractivity contribution in [2.24, 2.45) is 0 Å². The van der Waals surface area contributed by atoms with Crippen molar-refractivity contribution in [1.82, 2.24) is 4.81 Å². The summed E-state index contributed by atoms with van der Waals surface area (Å²) in [7, 11) is 2.98. The van der Waals surface area contributed by atoms with Crippen molar-refractivity contribution in [2.75, 3.05) is 20.2 Å². The Bertz CT molecular complexity index is 361. The van der Waals surface area contributed by atoms with Crippen LogP contribution in [0.15, 0.2) is 30.3 Å². The smallest absolute Gasteiger partial charge is 0.357 e.